The minimum absolute atomic E-state index is 0.0871. The summed E-state index contributed by atoms with van der Waals surface area (Å²) in [4.78, 5) is 0. The second-order valence-corrected chi connectivity index (χ2v) is 4.31. The van der Waals surface area contributed by atoms with Gasteiger partial charge in [-0.2, -0.15) is 0 Å². The summed E-state index contributed by atoms with van der Waals surface area (Å²) in [6.07, 6.45) is 2.20. The molecule has 3 heteroatoms. The van der Waals surface area contributed by atoms with Gasteiger partial charge >= 0.3 is 0 Å². The van der Waals surface area contributed by atoms with Crippen molar-refractivity contribution in [3.63, 3.8) is 0 Å². The van der Waals surface area contributed by atoms with Gasteiger partial charge in [0.05, 0.1) is 0 Å². The van der Waals surface area contributed by atoms with E-state index in [4.69, 9.17) is 10.5 Å². The summed E-state index contributed by atoms with van der Waals surface area (Å²) in [5.74, 6) is 0. The van der Waals surface area contributed by atoms with Crippen molar-refractivity contribution in [2.75, 3.05) is 19.8 Å². The maximum absolute atomic E-state index is 6.12. The Morgan fingerprint density at radius 2 is 1.94 bits per heavy atom. The summed E-state index contributed by atoms with van der Waals surface area (Å²) in [5.41, 5.74) is 7.31. The molecule has 3 nitrogen and oxygen atoms in total. The molecule has 1 unspecified atom stereocenters. The SMILES string of the molecule is NC(CNC1CCOCC1)c1ccccc1. The molecule has 0 aliphatic carbocycles. The van der Waals surface area contributed by atoms with Crippen LogP contribution in [0.5, 0.6) is 0 Å². The Balaban J connectivity index is 1.77. The average Bonchev–Trinajstić information content (AvgIpc) is 2.38. The van der Waals surface area contributed by atoms with Crippen molar-refractivity contribution >= 4 is 0 Å². The van der Waals surface area contributed by atoms with Crippen LogP contribution < -0.4 is 11.1 Å². The topological polar surface area (TPSA) is 47.3 Å². The molecule has 1 heterocycles. The Morgan fingerprint density at radius 1 is 1.25 bits per heavy atom. The zero-order valence-corrected chi connectivity index (χ0v) is 9.56. The molecule has 0 radical (unpaired) electrons. The molecule has 0 saturated carbocycles. The van der Waals surface area contributed by atoms with Crippen LogP contribution in [0, 0.1) is 0 Å². The van der Waals surface area contributed by atoms with E-state index in [-0.39, 0.29) is 6.04 Å². The van der Waals surface area contributed by atoms with Crippen LogP contribution >= 0.6 is 0 Å². The Hall–Kier alpha value is -0.900. The van der Waals surface area contributed by atoms with E-state index in [1.54, 1.807) is 0 Å². The largest absolute Gasteiger partial charge is 0.381 e. The maximum atomic E-state index is 6.12. The number of rotatable bonds is 4. The first-order valence-corrected chi connectivity index (χ1v) is 5.98. The van der Waals surface area contributed by atoms with Crippen LogP contribution in [0.25, 0.3) is 0 Å². The monoisotopic (exact) mass is 220 g/mol. The van der Waals surface area contributed by atoms with Crippen LogP contribution in [0.15, 0.2) is 30.3 Å². The first-order chi connectivity index (χ1) is 7.86. The van der Waals surface area contributed by atoms with Crippen molar-refractivity contribution in [3.05, 3.63) is 35.9 Å². The van der Waals surface area contributed by atoms with Crippen LogP contribution in [0.1, 0.15) is 24.4 Å². The van der Waals surface area contributed by atoms with Crippen LogP contribution in [-0.4, -0.2) is 25.8 Å². The van der Waals surface area contributed by atoms with Gasteiger partial charge < -0.3 is 15.8 Å². The van der Waals surface area contributed by atoms with Crippen molar-refractivity contribution in [2.24, 2.45) is 5.73 Å². The third kappa shape index (κ3) is 3.30. The lowest BCUT2D eigenvalue weighted by Gasteiger charge is -2.24. The Bertz CT molecular complexity index is 296. The second-order valence-electron chi connectivity index (χ2n) is 4.31. The summed E-state index contributed by atoms with van der Waals surface area (Å²) in [6.45, 7) is 2.59. The van der Waals surface area contributed by atoms with Gasteiger partial charge in [-0.1, -0.05) is 30.3 Å². The average molecular weight is 220 g/mol. The highest BCUT2D eigenvalue weighted by atomic mass is 16.5. The molecule has 0 amide bonds. The van der Waals surface area contributed by atoms with Crippen LogP contribution in [0.3, 0.4) is 0 Å². The van der Waals surface area contributed by atoms with E-state index in [2.05, 4.69) is 17.4 Å². The van der Waals surface area contributed by atoms with Gasteiger partial charge in [-0.25, -0.2) is 0 Å². The Morgan fingerprint density at radius 3 is 2.62 bits per heavy atom. The highest BCUT2D eigenvalue weighted by Crippen LogP contribution is 2.10. The van der Waals surface area contributed by atoms with Crippen molar-refractivity contribution in [3.8, 4) is 0 Å². The van der Waals surface area contributed by atoms with Gasteiger partial charge in [-0.05, 0) is 18.4 Å². The number of nitrogens with one attached hydrogen (secondary N) is 1. The van der Waals surface area contributed by atoms with E-state index >= 15 is 0 Å². The molecule has 1 aliphatic rings. The standard InChI is InChI=1S/C13H20N2O/c14-13(11-4-2-1-3-5-11)10-15-12-6-8-16-9-7-12/h1-5,12-13,15H,6-10,14H2. The number of nitrogens with two attached hydrogens (primary N) is 1. The van der Waals surface area contributed by atoms with Gasteiger partial charge in [0.1, 0.15) is 0 Å². The van der Waals surface area contributed by atoms with Crippen molar-refractivity contribution in [1.29, 1.82) is 0 Å². The van der Waals surface area contributed by atoms with Crippen molar-refractivity contribution in [2.45, 2.75) is 24.9 Å². The quantitative estimate of drug-likeness (QED) is 0.807. The molecule has 3 N–H and O–H groups in total. The molecule has 0 spiro atoms. The van der Waals surface area contributed by atoms with Crippen molar-refractivity contribution < 1.29 is 4.74 Å². The zero-order chi connectivity index (χ0) is 11.2. The summed E-state index contributed by atoms with van der Waals surface area (Å²) < 4.78 is 5.32. The summed E-state index contributed by atoms with van der Waals surface area (Å²) >= 11 is 0. The molecular formula is C13H20N2O. The van der Waals surface area contributed by atoms with E-state index in [0.717, 1.165) is 32.6 Å². The van der Waals surface area contributed by atoms with Gasteiger partial charge in [0.25, 0.3) is 0 Å². The smallest absolute Gasteiger partial charge is 0.0480 e. The lowest BCUT2D eigenvalue weighted by Crippen LogP contribution is -2.38. The molecule has 0 bridgehead atoms. The lowest BCUT2D eigenvalue weighted by atomic mass is 10.1. The normalized spacial score (nSPS) is 19.6. The van der Waals surface area contributed by atoms with Crippen LogP contribution in [-0.2, 0) is 4.74 Å². The minimum atomic E-state index is 0.0871. The predicted octanol–water partition coefficient (Wildman–Crippen LogP) is 1.45. The van der Waals surface area contributed by atoms with Gasteiger partial charge in [0, 0.05) is 31.8 Å². The van der Waals surface area contributed by atoms with E-state index in [0.29, 0.717) is 6.04 Å². The lowest BCUT2D eigenvalue weighted by molar-refractivity contribution is 0.0777. The van der Waals surface area contributed by atoms with Gasteiger partial charge in [0.15, 0.2) is 0 Å². The maximum Gasteiger partial charge on any atom is 0.0480 e. The van der Waals surface area contributed by atoms with E-state index in [1.165, 1.54) is 5.56 Å². The summed E-state index contributed by atoms with van der Waals surface area (Å²) in [6, 6.07) is 10.9. The van der Waals surface area contributed by atoms with E-state index in [1.807, 2.05) is 18.2 Å². The summed E-state index contributed by atoms with van der Waals surface area (Å²) in [5, 5.41) is 3.51. The highest BCUT2D eigenvalue weighted by molar-refractivity contribution is 5.18. The number of hydrogen-bond donors (Lipinski definition) is 2. The second kappa shape index (κ2) is 5.99. The molecular weight excluding hydrogens is 200 g/mol. The van der Waals surface area contributed by atoms with Crippen LogP contribution in [0.4, 0.5) is 0 Å². The number of benzene rings is 1. The Kier molecular flexibility index (Phi) is 4.34. The third-order valence-electron chi connectivity index (χ3n) is 3.08. The molecule has 1 saturated heterocycles. The summed E-state index contributed by atoms with van der Waals surface area (Å²) in [7, 11) is 0. The fraction of sp³-hybridized carbons (Fsp3) is 0.538. The highest BCUT2D eigenvalue weighted by Gasteiger charge is 2.14. The third-order valence-corrected chi connectivity index (χ3v) is 3.08. The van der Waals surface area contributed by atoms with Crippen LogP contribution in [0.2, 0.25) is 0 Å². The fourth-order valence-electron chi connectivity index (χ4n) is 2.01. The molecule has 1 atom stereocenters. The van der Waals surface area contributed by atoms with Crippen molar-refractivity contribution in [1.82, 2.24) is 5.32 Å². The predicted molar refractivity (Wildman–Crippen MR) is 65.2 cm³/mol. The zero-order valence-electron chi connectivity index (χ0n) is 9.56. The molecule has 1 fully saturated rings. The van der Waals surface area contributed by atoms with Gasteiger partial charge in [0.2, 0.25) is 0 Å². The van der Waals surface area contributed by atoms with E-state index < -0.39 is 0 Å². The molecule has 1 aliphatic heterocycles. The fourth-order valence-corrected chi connectivity index (χ4v) is 2.01. The molecule has 16 heavy (non-hydrogen) atoms. The molecule has 1 aromatic rings. The Labute approximate surface area is 97.0 Å². The molecule has 0 aromatic heterocycles. The first-order valence-electron chi connectivity index (χ1n) is 5.98. The van der Waals surface area contributed by atoms with Gasteiger partial charge in [-0.3, -0.25) is 0 Å². The number of hydrogen-bond acceptors (Lipinski definition) is 3. The molecule has 88 valence electrons. The molecule has 1 aromatic carbocycles. The first kappa shape index (κ1) is 11.6. The minimum Gasteiger partial charge on any atom is -0.381 e. The number of ether oxygens (including phenoxy) is 1. The van der Waals surface area contributed by atoms with E-state index in [9.17, 15) is 0 Å². The van der Waals surface area contributed by atoms with Gasteiger partial charge in [-0.15, -0.1) is 0 Å². The molecule has 2 rings (SSSR count).